The molecule has 1 saturated heterocycles. The van der Waals surface area contributed by atoms with Gasteiger partial charge in [-0.05, 0) is 31.9 Å². The summed E-state index contributed by atoms with van der Waals surface area (Å²) in [6.45, 7) is 4.24. The lowest BCUT2D eigenvalue weighted by molar-refractivity contribution is -0.117. The van der Waals surface area contributed by atoms with Crippen LogP contribution < -0.4 is 5.32 Å². The van der Waals surface area contributed by atoms with E-state index in [4.69, 9.17) is 4.99 Å². The van der Waals surface area contributed by atoms with Crippen LogP contribution in [-0.4, -0.2) is 40.4 Å². The summed E-state index contributed by atoms with van der Waals surface area (Å²) in [7, 11) is 2.08. The minimum atomic E-state index is 0. The molecule has 2 unspecified atom stereocenters. The molecular weight excluding hydrogens is 354 g/mol. The number of carbonyl (C=O) groups is 1. The van der Waals surface area contributed by atoms with Gasteiger partial charge in [0.15, 0.2) is 5.17 Å². The van der Waals surface area contributed by atoms with Crippen LogP contribution in [0.4, 0.5) is 5.69 Å². The van der Waals surface area contributed by atoms with Crippen molar-refractivity contribution in [3.63, 3.8) is 0 Å². The molecule has 1 aliphatic heterocycles. The molecule has 6 heteroatoms. The number of aryl methyl sites for hydroxylation is 1. The third kappa shape index (κ3) is 5.14. The number of carbonyl (C=O) groups excluding carboxylic acids is 1. The van der Waals surface area contributed by atoms with Crippen LogP contribution in [0.25, 0.3) is 0 Å². The maximum atomic E-state index is 12.4. The summed E-state index contributed by atoms with van der Waals surface area (Å²) in [6.07, 6.45) is 5.53. The van der Waals surface area contributed by atoms with Gasteiger partial charge in [-0.3, -0.25) is 9.79 Å². The van der Waals surface area contributed by atoms with Crippen LogP contribution in [0.1, 0.15) is 44.6 Å². The Morgan fingerprint density at radius 3 is 2.56 bits per heavy atom. The molecule has 138 valence electrons. The third-order valence-corrected chi connectivity index (χ3v) is 6.27. The van der Waals surface area contributed by atoms with Gasteiger partial charge in [0.2, 0.25) is 5.91 Å². The quantitative estimate of drug-likeness (QED) is 0.836. The predicted octanol–water partition coefficient (Wildman–Crippen LogP) is 4.48. The molecule has 0 spiro atoms. The van der Waals surface area contributed by atoms with Gasteiger partial charge in [-0.1, -0.05) is 49.2 Å². The second-order valence-electron chi connectivity index (χ2n) is 6.97. The number of rotatable bonds is 4. The van der Waals surface area contributed by atoms with Gasteiger partial charge in [-0.25, -0.2) is 0 Å². The van der Waals surface area contributed by atoms with Gasteiger partial charge in [0.25, 0.3) is 0 Å². The molecule has 1 heterocycles. The summed E-state index contributed by atoms with van der Waals surface area (Å²) in [5.41, 5.74) is 2.06. The topological polar surface area (TPSA) is 44.7 Å². The van der Waals surface area contributed by atoms with E-state index in [1.165, 1.54) is 31.2 Å². The molecule has 0 aromatic heterocycles. The van der Waals surface area contributed by atoms with Crippen molar-refractivity contribution in [2.75, 3.05) is 12.4 Å². The number of nitrogens with zero attached hydrogens (tertiary/aromatic N) is 2. The van der Waals surface area contributed by atoms with E-state index in [0.717, 1.165) is 10.9 Å². The molecule has 1 aromatic rings. The molecule has 0 radical (unpaired) electrons. The molecule has 2 fully saturated rings. The molecule has 4 nitrogen and oxygen atoms in total. The Balaban J connectivity index is 0.00000225. The van der Waals surface area contributed by atoms with Gasteiger partial charge >= 0.3 is 0 Å². The first-order valence-electron chi connectivity index (χ1n) is 8.87. The van der Waals surface area contributed by atoms with Crippen molar-refractivity contribution in [2.45, 2.75) is 63.3 Å². The number of amidine groups is 1. The van der Waals surface area contributed by atoms with Crippen LogP contribution in [0.15, 0.2) is 29.3 Å². The molecule has 1 aromatic carbocycles. The highest BCUT2D eigenvalue weighted by Crippen LogP contribution is 2.34. The monoisotopic (exact) mass is 381 g/mol. The van der Waals surface area contributed by atoms with Crippen molar-refractivity contribution in [1.29, 1.82) is 0 Å². The standard InChI is InChI=1S/C19H27N3OS.ClH/c1-13-8-10-16(11-9-13)20-18(23)12-17-14(2)24-19(22(17)3)21-15-6-4-5-7-15;/h8-11,14-15,17H,4-7,12H2,1-3H3,(H,20,23);1H/b21-19-;. The van der Waals surface area contributed by atoms with Gasteiger partial charge in [0, 0.05) is 24.4 Å². The normalized spacial score (nSPS) is 25.2. The predicted molar refractivity (Wildman–Crippen MR) is 110 cm³/mol. The zero-order valence-corrected chi connectivity index (χ0v) is 16.8. The fraction of sp³-hybridized carbons (Fsp3) is 0.579. The molecule has 1 N–H and O–H groups in total. The number of hydrogen-bond donors (Lipinski definition) is 1. The van der Waals surface area contributed by atoms with E-state index in [1.54, 1.807) is 0 Å². The molecule has 2 aliphatic rings. The minimum absolute atomic E-state index is 0. The smallest absolute Gasteiger partial charge is 0.226 e. The SMILES string of the molecule is Cc1ccc(NC(=O)CC2C(C)S/C(=N\C3CCCC3)N2C)cc1.Cl. The van der Waals surface area contributed by atoms with Crippen LogP contribution in [0.5, 0.6) is 0 Å². The highest BCUT2D eigenvalue weighted by molar-refractivity contribution is 8.14. The molecule has 1 amide bonds. The number of aliphatic imine (C=N–C) groups is 1. The van der Waals surface area contributed by atoms with Crippen LogP contribution in [0.3, 0.4) is 0 Å². The number of anilines is 1. The molecule has 0 bridgehead atoms. The number of halogens is 1. The molecule has 1 saturated carbocycles. The van der Waals surface area contributed by atoms with Gasteiger partial charge in [-0.2, -0.15) is 0 Å². The molecular formula is C19H28ClN3OS. The highest BCUT2D eigenvalue weighted by atomic mass is 35.5. The summed E-state index contributed by atoms with van der Waals surface area (Å²) >= 11 is 1.81. The van der Waals surface area contributed by atoms with Crippen molar-refractivity contribution in [1.82, 2.24) is 4.90 Å². The summed E-state index contributed by atoms with van der Waals surface area (Å²) in [5.74, 6) is 0.0743. The van der Waals surface area contributed by atoms with Crippen LogP contribution >= 0.6 is 24.2 Å². The number of thioether (sulfide) groups is 1. The van der Waals surface area contributed by atoms with E-state index in [1.807, 2.05) is 43.0 Å². The molecule has 2 atom stereocenters. The Bertz CT molecular complexity index is 614. The molecule has 3 rings (SSSR count). The summed E-state index contributed by atoms with van der Waals surface area (Å²) < 4.78 is 0. The number of hydrogen-bond acceptors (Lipinski definition) is 3. The zero-order chi connectivity index (χ0) is 17.1. The van der Waals surface area contributed by atoms with Gasteiger partial charge in [0.1, 0.15) is 0 Å². The van der Waals surface area contributed by atoms with E-state index in [2.05, 4.69) is 24.2 Å². The number of benzene rings is 1. The first kappa shape index (κ1) is 20.1. The lowest BCUT2D eigenvalue weighted by atomic mass is 10.1. The zero-order valence-electron chi connectivity index (χ0n) is 15.2. The van der Waals surface area contributed by atoms with Crippen molar-refractivity contribution < 1.29 is 4.79 Å². The average Bonchev–Trinajstić information content (AvgIpc) is 3.14. The van der Waals surface area contributed by atoms with E-state index in [-0.39, 0.29) is 24.4 Å². The van der Waals surface area contributed by atoms with Crippen LogP contribution in [-0.2, 0) is 4.79 Å². The Labute approximate surface area is 161 Å². The summed E-state index contributed by atoms with van der Waals surface area (Å²) in [6, 6.07) is 8.64. The second-order valence-corrected chi connectivity index (χ2v) is 8.31. The lowest BCUT2D eigenvalue weighted by Gasteiger charge is -2.23. The summed E-state index contributed by atoms with van der Waals surface area (Å²) in [5, 5.41) is 4.51. The van der Waals surface area contributed by atoms with Gasteiger partial charge in [-0.15, -0.1) is 12.4 Å². The highest BCUT2D eigenvalue weighted by Gasteiger charge is 2.36. The van der Waals surface area contributed by atoms with Crippen molar-refractivity contribution in [2.24, 2.45) is 4.99 Å². The number of amides is 1. The third-order valence-electron chi connectivity index (χ3n) is 4.98. The van der Waals surface area contributed by atoms with Gasteiger partial charge in [0.05, 0.1) is 12.1 Å². The van der Waals surface area contributed by atoms with Crippen molar-refractivity contribution >= 4 is 40.9 Å². The maximum absolute atomic E-state index is 12.4. The Kier molecular flexibility index (Phi) is 7.20. The van der Waals surface area contributed by atoms with E-state index in [0.29, 0.717) is 17.7 Å². The van der Waals surface area contributed by atoms with Crippen LogP contribution in [0.2, 0.25) is 0 Å². The summed E-state index contributed by atoms with van der Waals surface area (Å²) in [4.78, 5) is 19.6. The van der Waals surface area contributed by atoms with E-state index >= 15 is 0 Å². The fourth-order valence-electron chi connectivity index (χ4n) is 3.44. The number of nitrogens with one attached hydrogen (secondary N) is 1. The first-order valence-corrected chi connectivity index (χ1v) is 9.74. The van der Waals surface area contributed by atoms with Crippen LogP contribution in [0, 0.1) is 6.92 Å². The molecule has 1 aliphatic carbocycles. The van der Waals surface area contributed by atoms with Gasteiger partial charge < -0.3 is 10.2 Å². The van der Waals surface area contributed by atoms with Crippen molar-refractivity contribution in [3.8, 4) is 0 Å². The largest absolute Gasteiger partial charge is 0.350 e. The maximum Gasteiger partial charge on any atom is 0.226 e. The molecule has 25 heavy (non-hydrogen) atoms. The van der Waals surface area contributed by atoms with E-state index in [9.17, 15) is 4.79 Å². The Morgan fingerprint density at radius 2 is 1.92 bits per heavy atom. The fourth-order valence-corrected chi connectivity index (χ4v) is 4.72. The minimum Gasteiger partial charge on any atom is -0.350 e. The van der Waals surface area contributed by atoms with Crippen molar-refractivity contribution in [3.05, 3.63) is 29.8 Å². The Hall–Kier alpha value is -1.20. The average molecular weight is 382 g/mol. The Morgan fingerprint density at radius 1 is 1.28 bits per heavy atom. The second kappa shape index (κ2) is 8.95. The first-order chi connectivity index (χ1) is 11.5. The lowest BCUT2D eigenvalue weighted by Crippen LogP contribution is -2.36. The van der Waals surface area contributed by atoms with E-state index < -0.39 is 0 Å².